The second kappa shape index (κ2) is 11.1. The van der Waals surface area contributed by atoms with Gasteiger partial charge in [-0.2, -0.15) is 0 Å². The van der Waals surface area contributed by atoms with E-state index in [1.165, 1.54) is 0 Å². The summed E-state index contributed by atoms with van der Waals surface area (Å²) >= 11 is 0. The minimum absolute atomic E-state index is 0. The first kappa shape index (κ1) is 22.3. The number of hydrogen-bond acceptors (Lipinski definition) is 4. The molecule has 7 nitrogen and oxygen atoms in total. The van der Waals surface area contributed by atoms with Crippen molar-refractivity contribution in [2.24, 2.45) is 10.7 Å². The standard InChI is InChI=1S/C21H22N4O3.HI/c1-27-18-9-7-17(8-10-18)25-21(22)24-13-15-4-2-5-16(12-15)20(26)23-14-19-6-3-11-28-19;/h2-12H,13-14H2,1H3,(H,23,26)(H3,22,24,25);1H. The van der Waals surface area contributed by atoms with Crippen molar-refractivity contribution >= 4 is 41.5 Å². The normalized spacial score (nSPS) is 10.7. The topological polar surface area (TPSA) is 102 Å². The number of anilines is 1. The van der Waals surface area contributed by atoms with Crippen molar-refractivity contribution in [3.8, 4) is 5.75 Å². The molecular weight excluding hydrogens is 483 g/mol. The van der Waals surface area contributed by atoms with E-state index >= 15 is 0 Å². The highest BCUT2D eigenvalue weighted by Gasteiger charge is 2.07. The molecule has 3 rings (SSSR count). The second-order valence-corrected chi connectivity index (χ2v) is 6.02. The van der Waals surface area contributed by atoms with E-state index in [1.807, 2.05) is 42.5 Å². The second-order valence-electron chi connectivity index (χ2n) is 6.02. The Morgan fingerprint density at radius 2 is 1.93 bits per heavy atom. The maximum atomic E-state index is 12.3. The summed E-state index contributed by atoms with van der Waals surface area (Å²) in [5.41, 5.74) is 8.19. The molecule has 0 bridgehead atoms. The molecular formula is C21H23IN4O3. The number of methoxy groups -OCH3 is 1. The first-order chi connectivity index (χ1) is 13.6. The lowest BCUT2D eigenvalue weighted by Crippen LogP contribution is -2.23. The van der Waals surface area contributed by atoms with Gasteiger partial charge in [-0.1, -0.05) is 12.1 Å². The molecule has 29 heavy (non-hydrogen) atoms. The summed E-state index contributed by atoms with van der Waals surface area (Å²) in [5.74, 6) is 1.58. The third-order valence-corrected chi connectivity index (χ3v) is 3.99. The maximum absolute atomic E-state index is 12.3. The fourth-order valence-electron chi connectivity index (χ4n) is 2.53. The van der Waals surface area contributed by atoms with E-state index < -0.39 is 0 Å². The summed E-state index contributed by atoms with van der Waals surface area (Å²) in [5, 5.41) is 5.84. The number of rotatable bonds is 7. The van der Waals surface area contributed by atoms with Crippen LogP contribution in [0, 0.1) is 0 Å². The SMILES string of the molecule is COc1ccc(NC(N)=NCc2cccc(C(=O)NCc3ccco3)c2)cc1.I. The first-order valence-electron chi connectivity index (χ1n) is 8.74. The molecule has 0 aliphatic heterocycles. The Morgan fingerprint density at radius 3 is 2.62 bits per heavy atom. The number of carbonyl (C=O) groups excluding carboxylic acids is 1. The van der Waals surface area contributed by atoms with E-state index in [-0.39, 0.29) is 35.8 Å². The van der Waals surface area contributed by atoms with Crippen LogP contribution in [0.2, 0.25) is 0 Å². The van der Waals surface area contributed by atoms with Gasteiger partial charge in [0.05, 0.1) is 26.5 Å². The Kier molecular flexibility index (Phi) is 8.53. The molecule has 3 aromatic rings. The largest absolute Gasteiger partial charge is 0.497 e. The number of hydrogen-bond donors (Lipinski definition) is 3. The predicted octanol–water partition coefficient (Wildman–Crippen LogP) is 3.76. The van der Waals surface area contributed by atoms with Crippen molar-refractivity contribution in [2.45, 2.75) is 13.1 Å². The summed E-state index contributed by atoms with van der Waals surface area (Å²) in [6.07, 6.45) is 1.57. The Hall–Kier alpha value is -3.01. The lowest BCUT2D eigenvalue weighted by atomic mass is 10.1. The zero-order chi connectivity index (χ0) is 19.8. The van der Waals surface area contributed by atoms with E-state index in [0.717, 1.165) is 17.0 Å². The molecule has 0 aliphatic carbocycles. The molecule has 0 saturated carbocycles. The Labute approximate surface area is 186 Å². The number of halogens is 1. The average molecular weight is 506 g/mol. The number of carbonyl (C=O) groups is 1. The molecule has 0 radical (unpaired) electrons. The fourth-order valence-corrected chi connectivity index (χ4v) is 2.53. The van der Waals surface area contributed by atoms with Crippen molar-refractivity contribution in [3.05, 3.63) is 83.8 Å². The Balaban J connectivity index is 0.00000300. The molecule has 0 atom stereocenters. The van der Waals surface area contributed by atoms with Crippen LogP contribution in [0.1, 0.15) is 21.7 Å². The van der Waals surface area contributed by atoms with Crippen LogP contribution >= 0.6 is 24.0 Å². The minimum atomic E-state index is -0.174. The molecule has 0 fully saturated rings. The Morgan fingerprint density at radius 1 is 1.14 bits per heavy atom. The van der Waals surface area contributed by atoms with Crippen LogP contribution in [-0.2, 0) is 13.1 Å². The maximum Gasteiger partial charge on any atom is 0.251 e. The molecule has 4 N–H and O–H groups in total. The fraction of sp³-hybridized carbons (Fsp3) is 0.143. The van der Waals surface area contributed by atoms with Crippen LogP contribution in [0.5, 0.6) is 5.75 Å². The van der Waals surface area contributed by atoms with Crippen molar-refractivity contribution in [2.75, 3.05) is 12.4 Å². The molecule has 0 unspecified atom stereocenters. The van der Waals surface area contributed by atoms with Gasteiger partial charge in [0.1, 0.15) is 11.5 Å². The van der Waals surface area contributed by atoms with Crippen LogP contribution in [0.4, 0.5) is 5.69 Å². The quantitative estimate of drug-likeness (QED) is 0.257. The first-order valence-corrected chi connectivity index (χ1v) is 8.74. The van der Waals surface area contributed by atoms with Gasteiger partial charge >= 0.3 is 0 Å². The monoisotopic (exact) mass is 506 g/mol. The lowest BCUT2D eigenvalue weighted by molar-refractivity contribution is 0.0948. The van der Waals surface area contributed by atoms with Gasteiger partial charge in [-0.25, -0.2) is 4.99 Å². The summed E-state index contributed by atoms with van der Waals surface area (Å²) in [6, 6.07) is 18.2. The van der Waals surface area contributed by atoms with E-state index in [9.17, 15) is 4.79 Å². The highest BCUT2D eigenvalue weighted by Crippen LogP contribution is 2.15. The van der Waals surface area contributed by atoms with Crippen molar-refractivity contribution in [1.29, 1.82) is 0 Å². The molecule has 8 heteroatoms. The van der Waals surface area contributed by atoms with Crippen LogP contribution in [-0.4, -0.2) is 19.0 Å². The van der Waals surface area contributed by atoms with Gasteiger partial charge in [0.2, 0.25) is 0 Å². The van der Waals surface area contributed by atoms with Crippen molar-refractivity contribution in [3.63, 3.8) is 0 Å². The summed E-state index contributed by atoms with van der Waals surface area (Å²) in [6.45, 7) is 0.696. The molecule has 1 heterocycles. The molecule has 1 amide bonds. The van der Waals surface area contributed by atoms with Gasteiger partial charge < -0.3 is 25.5 Å². The smallest absolute Gasteiger partial charge is 0.251 e. The highest BCUT2D eigenvalue weighted by atomic mass is 127. The molecule has 0 saturated heterocycles. The van der Waals surface area contributed by atoms with Crippen molar-refractivity contribution in [1.82, 2.24) is 5.32 Å². The zero-order valence-corrected chi connectivity index (χ0v) is 18.3. The lowest BCUT2D eigenvalue weighted by Gasteiger charge is -2.07. The molecule has 152 valence electrons. The molecule has 0 spiro atoms. The third-order valence-electron chi connectivity index (χ3n) is 3.99. The van der Waals surface area contributed by atoms with Crippen LogP contribution < -0.4 is 21.1 Å². The highest BCUT2D eigenvalue weighted by molar-refractivity contribution is 14.0. The summed E-state index contributed by atoms with van der Waals surface area (Å²) in [7, 11) is 1.61. The molecule has 1 aromatic heterocycles. The number of guanidine groups is 1. The van der Waals surface area contributed by atoms with Gasteiger partial charge in [0, 0.05) is 11.3 Å². The van der Waals surface area contributed by atoms with Crippen LogP contribution in [0.15, 0.2) is 76.3 Å². The number of aliphatic imine (C=N–C) groups is 1. The zero-order valence-electron chi connectivity index (χ0n) is 15.9. The summed E-state index contributed by atoms with van der Waals surface area (Å²) < 4.78 is 10.3. The van der Waals surface area contributed by atoms with Gasteiger partial charge in [0.25, 0.3) is 5.91 Å². The molecule has 2 aromatic carbocycles. The number of nitrogens with two attached hydrogens (primary N) is 1. The number of amides is 1. The van der Waals surface area contributed by atoms with Crippen LogP contribution in [0.25, 0.3) is 0 Å². The van der Waals surface area contributed by atoms with E-state index in [1.54, 1.807) is 31.6 Å². The summed E-state index contributed by atoms with van der Waals surface area (Å²) in [4.78, 5) is 16.6. The predicted molar refractivity (Wildman–Crippen MR) is 124 cm³/mol. The average Bonchev–Trinajstić information content (AvgIpc) is 3.25. The van der Waals surface area contributed by atoms with Crippen LogP contribution in [0.3, 0.4) is 0 Å². The van der Waals surface area contributed by atoms with Crippen molar-refractivity contribution < 1.29 is 13.9 Å². The van der Waals surface area contributed by atoms with Gasteiger partial charge in [0.15, 0.2) is 5.96 Å². The Bertz CT molecular complexity index is 941. The van der Waals surface area contributed by atoms with E-state index in [0.29, 0.717) is 24.4 Å². The number of furan rings is 1. The van der Waals surface area contributed by atoms with Gasteiger partial charge in [-0.05, 0) is 54.1 Å². The number of nitrogens with one attached hydrogen (secondary N) is 2. The van der Waals surface area contributed by atoms with E-state index in [4.69, 9.17) is 14.9 Å². The minimum Gasteiger partial charge on any atom is -0.497 e. The van der Waals surface area contributed by atoms with E-state index in [2.05, 4.69) is 15.6 Å². The number of benzene rings is 2. The van der Waals surface area contributed by atoms with Gasteiger partial charge in [-0.3, -0.25) is 4.79 Å². The number of nitrogens with zero attached hydrogens (tertiary/aromatic N) is 1. The third kappa shape index (κ3) is 6.83. The molecule has 0 aliphatic rings. The number of ether oxygens (including phenoxy) is 1. The van der Waals surface area contributed by atoms with Gasteiger partial charge in [-0.15, -0.1) is 24.0 Å².